The summed E-state index contributed by atoms with van der Waals surface area (Å²) in [6.07, 6.45) is 3.71. The molecule has 2 fully saturated rings. The molecule has 3 rings (SSSR count). The van der Waals surface area contributed by atoms with Gasteiger partial charge in [0.05, 0.1) is 13.2 Å². The van der Waals surface area contributed by atoms with Crippen LogP contribution in [-0.2, 0) is 4.79 Å². The van der Waals surface area contributed by atoms with Crippen molar-refractivity contribution < 1.29 is 24.2 Å². The molecular formula is C21H30N2O5. The number of carbonyl (C=O) groups excluding carboxylic acids is 1. The lowest BCUT2D eigenvalue weighted by Gasteiger charge is -2.31. The van der Waals surface area contributed by atoms with Crippen molar-refractivity contribution in [2.45, 2.75) is 51.6 Å². The third kappa shape index (κ3) is 4.34. The van der Waals surface area contributed by atoms with E-state index < -0.39 is 11.5 Å². The summed E-state index contributed by atoms with van der Waals surface area (Å²) in [6, 6.07) is 5.85. The first-order valence-electron chi connectivity index (χ1n) is 9.89. The van der Waals surface area contributed by atoms with Crippen LogP contribution in [0.4, 0.5) is 4.79 Å². The van der Waals surface area contributed by atoms with Gasteiger partial charge in [0.15, 0.2) is 11.5 Å². The Morgan fingerprint density at radius 2 is 2.00 bits per heavy atom. The summed E-state index contributed by atoms with van der Waals surface area (Å²) in [7, 11) is 1.62. The third-order valence-electron chi connectivity index (χ3n) is 5.99. The van der Waals surface area contributed by atoms with Crippen LogP contribution in [0.2, 0.25) is 0 Å². The summed E-state index contributed by atoms with van der Waals surface area (Å²) < 4.78 is 11.7. The SMILES string of the molecule is COc1ccc([C@@H]2CN(C(=O)O)C[C@@]2(C)CNC(C)=O)cc1OC1CCCC1. The van der Waals surface area contributed by atoms with E-state index in [0.29, 0.717) is 31.1 Å². The summed E-state index contributed by atoms with van der Waals surface area (Å²) in [5.41, 5.74) is 0.605. The molecule has 7 heteroatoms. The molecule has 2 amide bonds. The number of rotatable bonds is 6. The number of amides is 2. The van der Waals surface area contributed by atoms with Gasteiger partial charge in [0.1, 0.15) is 0 Å². The number of hydrogen-bond acceptors (Lipinski definition) is 4. The van der Waals surface area contributed by atoms with E-state index in [1.807, 2.05) is 25.1 Å². The fourth-order valence-electron chi connectivity index (χ4n) is 4.40. The number of methoxy groups -OCH3 is 1. The number of nitrogens with zero attached hydrogens (tertiary/aromatic N) is 1. The third-order valence-corrected chi connectivity index (χ3v) is 5.99. The zero-order valence-corrected chi connectivity index (χ0v) is 16.9. The van der Waals surface area contributed by atoms with Crippen LogP contribution >= 0.6 is 0 Å². The van der Waals surface area contributed by atoms with Gasteiger partial charge in [0, 0.05) is 37.9 Å². The summed E-state index contributed by atoms with van der Waals surface area (Å²) in [4.78, 5) is 24.5. The first kappa shape index (κ1) is 20.3. The summed E-state index contributed by atoms with van der Waals surface area (Å²) >= 11 is 0. The van der Waals surface area contributed by atoms with E-state index in [1.54, 1.807) is 7.11 Å². The minimum absolute atomic E-state index is 0.0488. The van der Waals surface area contributed by atoms with Crippen LogP contribution in [0.15, 0.2) is 18.2 Å². The molecule has 1 saturated carbocycles. The minimum atomic E-state index is -0.938. The molecule has 0 unspecified atom stereocenters. The van der Waals surface area contributed by atoms with Crippen LogP contribution in [-0.4, -0.2) is 54.9 Å². The molecule has 0 bridgehead atoms. The number of nitrogens with one attached hydrogen (secondary N) is 1. The van der Waals surface area contributed by atoms with Crippen molar-refractivity contribution in [1.29, 1.82) is 0 Å². The second-order valence-electron chi connectivity index (χ2n) is 8.21. The monoisotopic (exact) mass is 390 g/mol. The zero-order valence-electron chi connectivity index (χ0n) is 16.9. The lowest BCUT2D eigenvalue weighted by atomic mass is 9.76. The Balaban J connectivity index is 1.89. The van der Waals surface area contributed by atoms with Crippen LogP contribution in [0.1, 0.15) is 51.0 Å². The number of carboxylic acid groups (broad SMARTS) is 1. The topological polar surface area (TPSA) is 88.1 Å². The molecule has 1 aliphatic heterocycles. The summed E-state index contributed by atoms with van der Waals surface area (Å²) in [6.45, 7) is 4.68. The zero-order chi connectivity index (χ0) is 20.3. The average Bonchev–Trinajstić information content (AvgIpc) is 3.28. The van der Waals surface area contributed by atoms with Gasteiger partial charge in [-0.25, -0.2) is 4.79 Å². The Labute approximate surface area is 166 Å². The minimum Gasteiger partial charge on any atom is -0.493 e. The lowest BCUT2D eigenvalue weighted by molar-refractivity contribution is -0.119. The highest BCUT2D eigenvalue weighted by molar-refractivity contribution is 5.73. The van der Waals surface area contributed by atoms with Crippen molar-refractivity contribution in [3.8, 4) is 11.5 Å². The normalized spacial score (nSPS) is 25.0. The first-order valence-corrected chi connectivity index (χ1v) is 9.89. The number of carbonyl (C=O) groups is 2. The second kappa shape index (κ2) is 8.29. The van der Waals surface area contributed by atoms with E-state index >= 15 is 0 Å². The molecule has 2 aliphatic rings. The van der Waals surface area contributed by atoms with Gasteiger partial charge in [0.25, 0.3) is 0 Å². The molecule has 1 aromatic rings. The van der Waals surface area contributed by atoms with Crippen LogP contribution in [0.25, 0.3) is 0 Å². The molecule has 28 heavy (non-hydrogen) atoms. The van der Waals surface area contributed by atoms with Gasteiger partial charge in [-0.2, -0.15) is 0 Å². The Hall–Kier alpha value is -2.44. The maximum atomic E-state index is 11.6. The summed E-state index contributed by atoms with van der Waals surface area (Å²) in [5, 5.41) is 12.4. The van der Waals surface area contributed by atoms with Crippen LogP contribution in [0.3, 0.4) is 0 Å². The van der Waals surface area contributed by atoms with E-state index in [9.17, 15) is 14.7 Å². The van der Waals surface area contributed by atoms with Crippen LogP contribution in [0.5, 0.6) is 11.5 Å². The fourth-order valence-corrected chi connectivity index (χ4v) is 4.40. The number of likely N-dealkylation sites (tertiary alicyclic amines) is 1. The molecule has 0 radical (unpaired) electrons. The smallest absolute Gasteiger partial charge is 0.407 e. The van der Waals surface area contributed by atoms with Crippen LogP contribution in [0, 0.1) is 5.41 Å². The molecule has 2 N–H and O–H groups in total. The van der Waals surface area contributed by atoms with Crippen molar-refractivity contribution in [3.05, 3.63) is 23.8 Å². The molecule has 0 aromatic heterocycles. The standard InChI is InChI=1S/C21H30N2O5/c1-14(24)22-12-21(2)13-23(20(25)26)11-17(21)15-8-9-18(27-3)19(10-15)28-16-6-4-5-7-16/h8-10,16-17H,4-7,11-13H2,1-3H3,(H,22,24)(H,25,26)/t17-,21+/m0/s1. The van der Waals surface area contributed by atoms with Crippen molar-refractivity contribution in [2.24, 2.45) is 5.41 Å². The van der Waals surface area contributed by atoms with Crippen molar-refractivity contribution in [3.63, 3.8) is 0 Å². The molecule has 1 aromatic carbocycles. The van der Waals surface area contributed by atoms with Gasteiger partial charge in [-0.15, -0.1) is 0 Å². The average molecular weight is 390 g/mol. The Morgan fingerprint density at radius 3 is 2.61 bits per heavy atom. The van der Waals surface area contributed by atoms with E-state index in [2.05, 4.69) is 5.32 Å². The molecule has 1 aliphatic carbocycles. The number of ether oxygens (including phenoxy) is 2. The van der Waals surface area contributed by atoms with Gasteiger partial charge < -0.3 is 24.8 Å². The molecular weight excluding hydrogens is 360 g/mol. The largest absolute Gasteiger partial charge is 0.493 e. The van der Waals surface area contributed by atoms with E-state index in [0.717, 1.165) is 18.4 Å². The highest BCUT2D eigenvalue weighted by Crippen LogP contribution is 2.45. The molecule has 154 valence electrons. The van der Waals surface area contributed by atoms with Gasteiger partial charge in [-0.05, 0) is 43.4 Å². The molecule has 0 spiro atoms. The maximum absolute atomic E-state index is 11.6. The van der Waals surface area contributed by atoms with Gasteiger partial charge in [-0.3, -0.25) is 4.79 Å². The molecule has 1 heterocycles. The quantitative estimate of drug-likeness (QED) is 0.779. The van der Waals surface area contributed by atoms with Crippen molar-refractivity contribution in [2.75, 3.05) is 26.7 Å². The Bertz CT molecular complexity index is 732. The predicted octanol–water partition coefficient (Wildman–Crippen LogP) is 3.24. The van der Waals surface area contributed by atoms with E-state index in [-0.39, 0.29) is 17.9 Å². The fraction of sp³-hybridized carbons (Fsp3) is 0.619. The van der Waals surface area contributed by atoms with E-state index in [4.69, 9.17) is 9.47 Å². The first-order chi connectivity index (χ1) is 13.3. The number of benzene rings is 1. The highest BCUT2D eigenvalue weighted by Gasteiger charge is 2.45. The molecule has 7 nitrogen and oxygen atoms in total. The lowest BCUT2D eigenvalue weighted by Crippen LogP contribution is -2.40. The van der Waals surface area contributed by atoms with Crippen molar-refractivity contribution in [1.82, 2.24) is 10.2 Å². The Morgan fingerprint density at radius 1 is 1.29 bits per heavy atom. The Kier molecular flexibility index (Phi) is 6.01. The predicted molar refractivity (Wildman–Crippen MR) is 105 cm³/mol. The second-order valence-corrected chi connectivity index (χ2v) is 8.21. The van der Waals surface area contributed by atoms with Gasteiger partial charge in [-0.1, -0.05) is 13.0 Å². The maximum Gasteiger partial charge on any atom is 0.407 e. The molecule has 1 saturated heterocycles. The molecule has 2 atom stereocenters. The summed E-state index contributed by atoms with van der Waals surface area (Å²) in [5.74, 6) is 1.23. The van der Waals surface area contributed by atoms with Crippen LogP contribution < -0.4 is 14.8 Å². The van der Waals surface area contributed by atoms with Crippen molar-refractivity contribution >= 4 is 12.0 Å². The van der Waals surface area contributed by atoms with Gasteiger partial charge in [0.2, 0.25) is 5.91 Å². The number of hydrogen-bond donors (Lipinski definition) is 2. The van der Waals surface area contributed by atoms with E-state index in [1.165, 1.54) is 24.7 Å². The van der Waals surface area contributed by atoms with Gasteiger partial charge >= 0.3 is 6.09 Å². The highest BCUT2D eigenvalue weighted by atomic mass is 16.5.